The van der Waals surface area contributed by atoms with E-state index in [0.717, 1.165) is 12.3 Å². The number of benzene rings is 1. The molecule has 1 aromatic rings. The van der Waals surface area contributed by atoms with E-state index < -0.39 is 0 Å². The first-order chi connectivity index (χ1) is 8.38. The Morgan fingerprint density at radius 2 is 1.88 bits per heavy atom. The second-order valence-electron chi connectivity index (χ2n) is 4.95. The molecule has 1 aromatic carbocycles. The quantitative estimate of drug-likeness (QED) is 0.752. The Balaban J connectivity index is 1.80. The normalized spacial score (nSPS) is 16.3. The lowest BCUT2D eigenvalue weighted by Crippen LogP contribution is -2.82. The Morgan fingerprint density at radius 3 is 2.53 bits per heavy atom. The van der Waals surface area contributed by atoms with Gasteiger partial charge in [0.15, 0.2) is 0 Å². The average Bonchev–Trinajstić information content (AvgIpc) is 2.85. The fraction of sp³-hybridized carbons (Fsp3) is 0.600. The molecule has 1 fully saturated rings. The van der Waals surface area contributed by atoms with E-state index in [0.29, 0.717) is 6.10 Å². The molecule has 94 valence electrons. The van der Waals surface area contributed by atoms with Gasteiger partial charge in [-0.25, -0.2) is 0 Å². The van der Waals surface area contributed by atoms with Crippen LogP contribution in [0.15, 0.2) is 24.3 Å². The monoisotopic (exact) mass is 234 g/mol. The highest BCUT2D eigenvalue weighted by atomic mass is 16.5. The molecule has 0 heterocycles. The molecule has 0 amide bonds. The highest BCUT2D eigenvalue weighted by molar-refractivity contribution is 5.27. The summed E-state index contributed by atoms with van der Waals surface area (Å²) < 4.78 is 5.95. The highest BCUT2D eigenvalue weighted by Gasteiger charge is 2.16. The zero-order valence-corrected chi connectivity index (χ0v) is 10.8. The van der Waals surface area contributed by atoms with E-state index in [1.165, 1.54) is 44.2 Å². The van der Waals surface area contributed by atoms with E-state index in [1.54, 1.807) is 0 Å². The summed E-state index contributed by atoms with van der Waals surface area (Å²) in [4.78, 5) is 0. The largest absolute Gasteiger partial charge is 0.490 e. The van der Waals surface area contributed by atoms with Gasteiger partial charge in [0.05, 0.1) is 12.6 Å². The van der Waals surface area contributed by atoms with E-state index >= 15 is 0 Å². The van der Waals surface area contributed by atoms with E-state index in [1.807, 2.05) is 0 Å². The number of ether oxygens (including phenoxy) is 1. The van der Waals surface area contributed by atoms with Crippen LogP contribution >= 0.6 is 0 Å². The van der Waals surface area contributed by atoms with E-state index in [9.17, 15) is 0 Å². The molecule has 0 spiro atoms. The molecule has 1 aliphatic carbocycles. The topological polar surface area (TPSA) is 25.8 Å². The third-order valence-electron chi connectivity index (χ3n) is 3.40. The van der Waals surface area contributed by atoms with E-state index in [2.05, 4.69) is 36.5 Å². The minimum atomic E-state index is 0.465. The van der Waals surface area contributed by atoms with Gasteiger partial charge >= 0.3 is 0 Å². The third-order valence-corrected chi connectivity index (χ3v) is 3.40. The first-order valence-corrected chi connectivity index (χ1v) is 6.95. The summed E-state index contributed by atoms with van der Waals surface area (Å²) in [6, 6.07) is 8.62. The molecule has 17 heavy (non-hydrogen) atoms. The van der Waals surface area contributed by atoms with Crippen LogP contribution in [0.3, 0.4) is 0 Å². The summed E-state index contributed by atoms with van der Waals surface area (Å²) in [5, 5.41) is 2.35. The van der Waals surface area contributed by atoms with Crippen molar-refractivity contribution in [1.29, 1.82) is 0 Å². The van der Waals surface area contributed by atoms with Gasteiger partial charge in [-0.3, -0.25) is 0 Å². The predicted molar refractivity (Wildman–Crippen MR) is 70.1 cm³/mol. The van der Waals surface area contributed by atoms with Crippen LogP contribution in [0.4, 0.5) is 0 Å². The fourth-order valence-corrected chi connectivity index (χ4v) is 2.38. The van der Waals surface area contributed by atoms with Crippen LogP contribution in [-0.2, 0) is 6.54 Å². The summed E-state index contributed by atoms with van der Waals surface area (Å²) in [6.45, 7) is 4.51. The van der Waals surface area contributed by atoms with Crippen molar-refractivity contribution in [1.82, 2.24) is 0 Å². The van der Waals surface area contributed by atoms with Crippen molar-refractivity contribution in [3.63, 3.8) is 0 Å². The number of hydrogen-bond donors (Lipinski definition) is 1. The first-order valence-electron chi connectivity index (χ1n) is 6.95. The number of quaternary nitrogens is 1. The van der Waals surface area contributed by atoms with Crippen LogP contribution < -0.4 is 10.1 Å². The highest BCUT2D eigenvalue weighted by Crippen LogP contribution is 2.24. The van der Waals surface area contributed by atoms with Gasteiger partial charge in [0.2, 0.25) is 0 Å². The van der Waals surface area contributed by atoms with Gasteiger partial charge in [-0.2, -0.15) is 0 Å². The Kier molecular flexibility index (Phi) is 4.87. The van der Waals surface area contributed by atoms with Crippen molar-refractivity contribution in [3.8, 4) is 5.75 Å². The second-order valence-corrected chi connectivity index (χ2v) is 4.95. The molecule has 0 bridgehead atoms. The second kappa shape index (κ2) is 6.65. The minimum absolute atomic E-state index is 0.465. The maximum Gasteiger partial charge on any atom is 0.119 e. The standard InChI is InChI=1S/C15H23NO/c1-2-11-16-12-13-7-9-15(10-8-13)17-14-5-3-4-6-14/h7-10,14,16H,2-6,11-12H2,1H3/p+1. The maximum atomic E-state index is 5.95. The zero-order chi connectivity index (χ0) is 11.9. The molecule has 2 nitrogen and oxygen atoms in total. The van der Waals surface area contributed by atoms with Crippen molar-refractivity contribution in [2.45, 2.75) is 51.7 Å². The van der Waals surface area contributed by atoms with Crippen LogP contribution in [0, 0.1) is 0 Å². The molecule has 2 N–H and O–H groups in total. The van der Waals surface area contributed by atoms with Gasteiger partial charge in [0.25, 0.3) is 0 Å². The maximum absolute atomic E-state index is 5.95. The molecule has 1 saturated carbocycles. The molecule has 0 aliphatic heterocycles. The fourth-order valence-electron chi connectivity index (χ4n) is 2.38. The van der Waals surface area contributed by atoms with Crippen molar-refractivity contribution >= 4 is 0 Å². The summed E-state index contributed by atoms with van der Waals surface area (Å²) in [7, 11) is 0. The lowest BCUT2D eigenvalue weighted by atomic mass is 10.2. The lowest BCUT2D eigenvalue weighted by molar-refractivity contribution is -0.670. The summed E-state index contributed by atoms with van der Waals surface area (Å²) in [5.41, 5.74) is 1.39. The number of nitrogens with two attached hydrogens (primary N) is 1. The Labute approximate surface area is 104 Å². The van der Waals surface area contributed by atoms with Gasteiger partial charge in [0.1, 0.15) is 12.3 Å². The van der Waals surface area contributed by atoms with Crippen molar-refractivity contribution in [2.24, 2.45) is 0 Å². The zero-order valence-electron chi connectivity index (χ0n) is 10.8. The molecule has 0 atom stereocenters. The van der Waals surface area contributed by atoms with Crippen molar-refractivity contribution in [3.05, 3.63) is 29.8 Å². The van der Waals surface area contributed by atoms with Gasteiger partial charge in [0, 0.05) is 5.56 Å². The van der Waals surface area contributed by atoms with Gasteiger partial charge in [-0.15, -0.1) is 0 Å². The minimum Gasteiger partial charge on any atom is -0.490 e. The Bertz CT molecular complexity index is 314. The number of hydrogen-bond acceptors (Lipinski definition) is 1. The van der Waals surface area contributed by atoms with Crippen LogP contribution in [0.1, 0.15) is 44.6 Å². The van der Waals surface area contributed by atoms with Gasteiger partial charge in [-0.05, 0) is 56.4 Å². The summed E-state index contributed by atoms with van der Waals surface area (Å²) >= 11 is 0. The van der Waals surface area contributed by atoms with Crippen molar-refractivity contribution in [2.75, 3.05) is 6.54 Å². The summed E-state index contributed by atoms with van der Waals surface area (Å²) in [5.74, 6) is 1.04. The SMILES string of the molecule is CCC[NH2+]Cc1ccc(OC2CCCC2)cc1. The lowest BCUT2D eigenvalue weighted by Gasteiger charge is -2.13. The molecule has 0 radical (unpaired) electrons. The van der Waals surface area contributed by atoms with Crippen LogP contribution in [0.25, 0.3) is 0 Å². The van der Waals surface area contributed by atoms with E-state index in [-0.39, 0.29) is 0 Å². The van der Waals surface area contributed by atoms with Gasteiger partial charge < -0.3 is 10.1 Å². The summed E-state index contributed by atoms with van der Waals surface area (Å²) in [6.07, 6.45) is 6.82. The van der Waals surface area contributed by atoms with Gasteiger partial charge in [-0.1, -0.05) is 6.92 Å². The van der Waals surface area contributed by atoms with Crippen LogP contribution in [0.2, 0.25) is 0 Å². The van der Waals surface area contributed by atoms with Crippen molar-refractivity contribution < 1.29 is 10.1 Å². The van der Waals surface area contributed by atoms with E-state index in [4.69, 9.17) is 4.74 Å². The number of rotatable bonds is 6. The average molecular weight is 234 g/mol. The molecule has 0 saturated heterocycles. The molecule has 2 rings (SSSR count). The first kappa shape index (κ1) is 12.4. The smallest absolute Gasteiger partial charge is 0.119 e. The molecular weight excluding hydrogens is 210 g/mol. The molecule has 0 aromatic heterocycles. The Morgan fingerprint density at radius 1 is 1.18 bits per heavy atom. The molecular formula is C15H24NO+. The molecule has 1 aliphatic rings. The van der Waals surface area contributed by atoms with Crippen LogP contribution in [-0.4, -0.2) is 12.6 Å². The Hall–Kier alpha value is -1.02. The molecule has 0 unspecified atom stereocenters. The predicted octanol–water partition coefficient (Wildman–Crippen LogP) is 2.48. The third kappa shape index (κ3) is 4.04. The van der Waals surface area contributed by atoms with Crippen LogP contribution in [0.5, 0.6) is 5.75 Å². The molecule has 2 heteroatoms.